The molecule has 4 aliphatic rings. The average Bonchev–Trinajstić information content (AvgIpc) is 2.81. The Bertz CT molecular complexity index is 280. The lowest BCUT2D eigenvalue weighted by atomic mass is 9.82. The summed E-state index contributed by atoms with van der Waals surface area (Å²) in [5.74, 6) is 4.62. The third-order valence-corrected chi connectivity index (χ3v) is 3.07. The smallest absolute Gasteiger partial charge is 0.00357 e. The Kier molecular flexibility index (Phi) is 0.793. The highest BCUT2D eigenvalue weighted by molar-refractivity contribution is 5.70. The monoisotopic (exact) mass is 142 g/mol. The second-order valence-electron chi connectivity index (χ2n) is 3.54. The van der Waals surface area contributed by atoms with Crippen molar-refractivity contribution in [2.45, 2.75) is 0 Å². The average molecular weight is 142 g/mol. The van der Waals surface area contributed by atoms with Crippen molar-refractivity contribution < 1.29 is 0 Å². The van der Waals surface area contributed by atoms with Crippen molar-refractivity contribution in [3.63, 3.8) is 0 Å². The first kappa shape index (κ1) is 5.56. The zero-order chi connectivity index (χ0) is 7.42. The molecule has 1 saturated carbocycles. The second kappa shape index (κ2) is 1.57. The fourth-order valence-corrected chi connectivity index (χ4v) is 2.47. The molecule has 1 heteroatoms. The van der Waals surface area contributed by atoms with Gasteiger partial charge in [-0.1, -0.05) is 24.3 Å². The lowest BCUT2D eigenvalue weighted by molar-refractivity contribution is 0.499. The lowest BCUT2D eigenvalue weighted by Crippen LogP contribution is -2.14. The molecule has 0 aromatic rings. The largest absolute Gasteiger partial charge is 0.763 e. The van der Waals surface area contributed by atoms with Gasteiger partial charge in [0.25, 0.3) is 0 Å². The van der Waals surface area contributed by atoms with E-state index in [-0.39, 0.29) is 0 Å². The van der Waals surface area contributed by atoms with E-state index >= 15 is 0 Å². The third-order valence-electron chi connectivity index (χ3n) is 3.07. The van der Waals surface area contributed by atoms with Crippen LogP contribution in [0.15, 0.2) is 29.9 Å². The quantitative estimate of drug-likeness (QED) is 0.363. The number of allylic oxidation sites excluding steroid dienone is 5. The first-order chi connectivity index (χ1) is 5.42. The molecule has 2 bridgehead atoms. The summed E-state index contributed by atoms with van der Waals surface area (Å²) >= 11 is 0. The van der Waals surface area contributed by atoms with Gasteiger partial charge < -0.3 is 5.41 Å². The van der Waals surface area contributed by atoms with E-state index in [2.05, 4.69) is 30.2 Å². The molecular weight excluding hydrogens is 134 g/mol. The molecule has 0 heterocycles. The summed E-state index contributed by atoms with van der Waals surface area (Å²) < 4.78 is 0. The topological polar surface area (TPSA) is 22.3 Å². The summed E-state index contributed by atoms with van der Waals surface area (Å²) in [6.45, 7) is 0. The highest BCUT2D eigenvalue weighted by atomic mass is 14.6. The molecule has 1 nitrogen and oxygen atoms in total. The molecule has 4 rings (SSSR count). The Morgan fingerprint density at radius 1 is 1.00 bits per heavy atom. The SMILES string of the molecule is [N-]=C=C1[C@@H]2C3C=CC(C=C3)[C@H]12. The summed E-state index contributed by atoms with van der Waals surface area (Å²) in [5, 5.41) is 8.76. The number of nitrogens with zero attached hydrogens (tertiary/aromatic N) is 1. The fourth-order valence-electron chi connectivity index (χ4n) is 2.47. The first-order valence-corrected chi connectivity index (χ1v) is 4.05. The lowest BCUT2D eigenvalue weighted by Gasteiger charge is -2.22. The molecule has 0 aromatic carbocycles. The zero-order valence-electron chi connectivity index (χ0n) is 6.07. The summed E-state index contributed by atoms with van der Waals surface area (Å²) in [4.78, 5) is 0. The van der Waals surface area contributed by atoms with Crippen LogP contribution in [-0.2, 0) is 0 Å². The highest BCUT2D eigenvalue weighted by Crippen LogP contribution is 2.59. The van der Waals surface area contributed by atoms with Crippen LogP contribution in [-0.4, -0.2) is 5.87 Å². The van der Waals surface area contributed by atoms with Crippen LogP contribution in [0.25, 0.3) is 5.41 Å². The molecule has 4 aliphatic carbocycles. The summed E-state index contributed by atoms with van der Waals surface area (Å²) in [6, 6.07) is 0. The molecule has 0 saturated heterocycles. The van der Waals surface area contributed by atoms with Crippen LogP contribution in [0, 0.1) is 23.7 Å². The van der Waals surface area contributed by atoms with Crippen molar-refractivity contribution >= 4 is 5.87 Å². The van der Waals surface area contributed by atoms with Crippen LogP contribution >= 0.6 is 0 Å². The van der Waals surface area contributed by atoms with Gasteiger partial charge in [0.2, 0.25) is 0 Å². The van der Waals surface area contributed by atoms with Gasteiger partial charge >= 0.3 is 0 Å². The standard InChI is InChI=1S/C10H8N/c11-5-8-9-6-1-2-7(4-3-6)10(8)9/h1-4,6-7,9-10H/q-1/t6?,7?,9-,10+. The van der Waals surface area contributed by atoms with E-state index in [9.17, 15) is 0 Å². The van der Waals surface area contributed by atoms with Crippen molar-refractivity contribution in [3.05, 3.63) is 35.3 Å². The van der Waals surface area contributed by atoms with Crippen LogP contribution in [0.5, 0.6) is 0 Å². The van der Waals surface area contributed by atoms with Crippen LogP contribution in [0.1, 0.15) is 0 Å². The minimum absolute atomic E-state index is 0.555. The fraction of sp³-hybridized carbons (Fsp3) is 0.400. The molecular formula is C10H8N-. The highest BCUT2D eigenvalue weighted by Gasteiger charge is 2.53. The Hall–Kier alpha value is -1.07. The van der Waals surface area contributed by atoms with Crippen molar-refractivity contribution in [1.29, 1.82) is 0 Å². The molecule has 0 amide bonds. The van der Waals surface area contributed by atoms with Crippen LogP contribution in [0.2, 0.25) is 0 Å². The number of hydrogen-bond donors (Lipinski definition) is 0. The Labute approximate surface area is 65.6 Å². The molecule has 11 heavy (non-hydrogen) atoms. The van der Waals surface area contributed by atoms with E-state index < -0.39 is 0 Å². The van der Waals surface area contributed by atoms with Crippen molar-refractivity contribution in [2.75, 3.05) is 0 Å². The van der Waals surface area contributed by atoms with Gasteiger partial charge in [0.05, 0.1) is 0 Å². The summed E-state index contributed by atoms with van der Waals surface area (Å²) in [6.07, 6.45) is 8.98. The number of rotatable bonds is 0. The Morgan fingerprint density at radius 2 is 1.45 bits per heavy atom. The molecule has 2 atom stereocenters. The normalized spacial score (nSPS) is 48.9. The summed E-state index contributed by atoms with van der Waals surface area (Å²) in [5.41, 5.74) is 1.13. The molecule has 0 unspecified atom stereocenters. The Balaban J connectivity index is 2.12. The van der Waals surface area contributed by atoms with Gasteiger partial charge in [-0.15, -0.1) is 0 Å². The van der Waals surface area contributed by atoms with Gasteiger partial charge in [-0.05, 0) is 5.57 Å². The predicted molar refractivity (Wildman–Crippen MR) is 44.1 cm³/mol. The van der Waals surface area contributed by atoms with Gasteiger partial charge in [-0.25, -0.2) is 0 Å². The molecule has 0 radical (unpaired) electrons. The van der Waals surface area contributed by atoms with E-state index in [4.69, 9.17) is 5.41 Å². The van der Waals surface area contributed by atoms with Gasteiger partial charge in [0, 0.05) is 23.7 Å². The van der Waals surface area contributed by atoms with Crippen molar-refractivity contribution in [1.82, 2.24) is 0 Å². The van der Waals surface area contributed by atoms with Crippen LogP contribution in [0.3, 0.4) is 0 Å². The van der Waals surface area contributed by atoms with Crippen molar-refractivity contribution in [2.24, 2.45) is 23.7 Å². The first-order valence-electron chi connectivity index (χ1n) is 4.05. The Morgan fingerprint density at radius 3 is 1.82 bits per heavy atom. The third kappa shape index (κ3) is 0.512. The van der Waals surface area contributed by atoms with Gasteiger partial charge in [0.1, 0.15) is 0 Å². The van der Waals surface area contributed by atoms with Gasteiger partial charge in [-0.2, -0.15) is 0 Å². The zero-order valence-corrected chi connectivity index (χ0v) is 6.07. The molecule has 0 aromatic heterocycles. The molecule has 1 fully saturated rings. The molecule has 54 valence electrons. The minimum Gasteiger partial charge on any atom is -0.763 e. The minimum atomic E-state index is 0.555. The van der Waals surface area contributed by atoms with E-state index in [1.807, 2.05) is 0 Å². The van der Waals surface area contributed by atoms with Gasteiger partial charge in [0.15, 0.2) is 0 Å². The van der Waals surface area contributed by atoms with Crippen LogP contribution < -0.4 is 0 Å². The molecule has 0 N–H and O–H groups in total. The van der Waals surface area contributed by atoms with E-state index in [1.165, 1.54) is 0 Å². The maximum absolute atomic E-state index is 8.76. The maximum Gasteiger partial charge on any atom is 0.00357 e. The predicted octanol–water partition coefficient (Wildman–Crippen LogP) is 1.77. The van der Waals surface area contributed by atoms with Gasteiger partial charge in [-0.3, -0.25) is 5.87 Å². The van der Waals surface area contributed by atoms with E-state index in [0.29, 0.717) is 23.7 Å². The summed E-state index contributed by atoms with van der Waals surface area (Å²) in [7, 11) is 0. The number of hydrogen-bond acceptors (Lipinski definition) is 0. The molecule has 0 aliphatic heterocycles. The van der Waals surface area contributed by atoms with Crippen LogP contribution in [0.4, 0.5) is 0 Å². The van der Waals surface area contributed by atoms with Crippen molar-refractivity contribution in [3.8, 4) is 0 Å². The maximum atomic E-state index is 8.76. The molecule has 0 spiro atoms. The van der Waals surface area contributed by atoms with E-state index in [0.717, 1.165) is 5.57 Å². The second-order valence-corrected chi connectivity index (χ2v) is 3.54. The van der Waals surface area contributed by atoms with E-state index in [1.54, 1.807) is 0 Å².